The van der Waals surface area contributed by atoms with E-state index >= 15 is 0 Å². The van der Waals surface area contributed by atoms with Crippen LogP contribution in [0.4, 0.5) is 5.69 Å². The maximum absolute atomic E-state index is 12.6. The molecule has 2 atom stereocenters. The van der Waals surface area contributed by atoms with Crippen molar-refractivity contribution in [2.45, 2.75) is 13.3 Å². The van der Waals surface area contributed by atoms with E-state index in [4.69, 9.17) is 4.52 Å². The lowest BCUT2D eigenvalue weighted by Gasteiger charge is -2.19. The monoisotopic (exact) mass is 452 g/mol. The minimum atomic E-state index is -0.0497. The molecule has 2 fully saturated rings. The van der Waals surface area contributed by atoms with Crippen molar-refractivity contribution in [1.29, 1.82) is 0 Å². The summed E-state index contributed by atoms with van der Waals surface area (Å²) in [6, 6.07) is 3.70. The van der Waals surface area contributed by atoms with Crippen LogP contribution >= 0.6 is 22.6 Å². The predicted octanol–water partition coefficient (Wildman–Crippen LogP) is 2.19. The van der Waals surface area contributed by atoms with Crippen LogP contribution in [-0.4, -0.2) is 39.9 Å². The number of rotatable bonds is 4. The van der Waals surface area contributed by atoms with Gasteiger partial charge in [0.1, 0.15) is 15.0 Å². The normalized spacial score (nSPS) is 24.1. The molecular formula is C17H17IN4O3. The summed E-state index contributed by atoms with van der Waals surface area (Å²) in [5, 5.41) is 6.64. The zero-order valence-electron chi connectivity index (χ0n) is 13.6. The van der Waals surface area contributed by atoms with Gasteiger partial charge in [-0.3, -0.25) is 9.59 Å². The zero-order chi connectivity index (χ0) is 17.6. The number of amides is 2. The number of likely N-dealkylation sites (tertiary alicyclic amines) is 1. The van der Waals surface area contributed by atoms with E-state index in [0.29, 0.717) is 36.5 Å². The molecule has 0 radical (unpaired) electrons. The number of carbonyl (C=O) groups is 2. The number of nitrogens with zero attached hydrogens (tertiary/aromatic N) is 3. The molecule has 8 heteroatoms. The molecule has 7 nitrogen and oxygen atoms in total. The van der Waals surface area contributed by atoms with Crippen molar-refractivity contribution in [1.82, 2.24) is 15.0 Å². The van der Waals surface area contributed by atoms with Crippen LogP contribution in [0.1, 0.15) is 23.0 Å². The summed E-state index contributed by atoms with van der Waals surface area (Å²) < 4.78 is 5.98. The molecule has 0 spiro atoms. The van der Waals surface area contributed by atoms with Gasteiger partial charge in [-0.05, 0) is 46.6 Å². The maximum Gasteiger partial charge on any atom is 0.259 e. The van der Waals surface area contributed by atoms with Crippen LogP contribution in [0.2, 0.25) is 0 Å². The number of nitrogens with one attached hydrogen (secondary N) is 1. The molecule has 25 heavy (non-hydrogen) atoms. The summed E-state index contributed by atoms with van der Waals surface area (Å²) in [5.74, 6) is 1.05. The number of pyridine rings is 1. The number of fused-ring (bicyclic) bond motifs is 1. The van der Waals surface area contributed by atoms with Crippen LogP contribution in [0.5, 0.6) is 0 Å². The first-order valence-electron chi connectivity index (χ1n) is 8.23. The first kappa shape index (κ1) is 16.5. The average molecular weight is 452 g/mol. The lowest BCUT2D eigenvalue weighted by atomic mass is 10.1. The second-order valence-electron chi connectivity index (χ2n) is 6.44. The molecule has 2 unspecified atom stereocenters. The number of aromatic nitrogens is 2. The number of carbonyl (C=O) groups excluding carboxylic acids is 2. The Kier molecular flexibility index (Phi) is 4.22. The Morgan fingerprint density at radius 1 is 1.32 bits per heavy atom. The van der Waals surface area contributed by atoms with Gasteiger partial charge in [0.15, 0.2) is 0 Å². The van der Waals surface area contributed by atoms with Crippen molar-refractivity contribution in [3.05, 3.63) is 39.6 Å². The van der Waals surface area contributed by atoms with E-state index in [1.54, 1.807) is 11.1 Å². The Bertz CT molecular complexity index is 808. The van der Waals surface area contributed by atoms with E-state index in [-0.39, 0.29) is 29.6 Å². The van der Waals surface area contributed by atoms with E-state index in [9.17, 15) is 9.59 Å². The molecule has 2 aliphatic rings. The molecule has 130 valence electrons. The van der Waals surface area contributed by atoms with E-state index in [0.717, 1.165) is 3.70 Å². The van der Waals surface area contributed by atoms with Crippen LogP contribution in [0.3, 0.4) is 0 Å². The highest BCUT2D eigenvalue weighted by molar-refractivity contribution is 14.1. The minimum Gasteiger partial charge on any atom is -0.361 e. The number of hydrogen-bond acceptors (Lipinski definition) is 5. The fourth-order valence-electron chi connectivity index (χ4n) is 3.62. The van der Waals surface area contributed by atoms with Crippen molar-refractivity contribution in [3.8, 4) is 0 Å². The van der Waals surface area contributed by atoms with Gasteiger partial charge in [0.25, 0.3) is 5.91 Å². The van der Waals surface area contributed by atoms with Gasteiger partial charge >= 0.3 is 0 Å². The molecule has 2 aromatic heterocycles. The van der Waals surface area contributed by atoms with Gasteiger partial charge in [-0.1, -0.05) is 12.1 Å². The molecule has 1 aliphatic heterocycles. The fourth-order valence-corrected chi connectivity index (χ4v) is 3.94. The molecular weight excluding hydrogens is 435 g/mol. The Hall–Kier alpha value is -1.97. The summed E-state index contributed by atoms with van der Waals surface area (Å²) >= 11 is 2.12. The third-order valence-electron chi connectivity index (χ3n) is 4.98. The van der Waals surface area contributed by atoms with Gasteiger partial charge in [-0.15, -0.1) is 0 Å². The largest absolute Gasteiger partial charge is 0.361 e. The van der Waals surface area contributed by atoms with Gasteiger partial charge < -0.3 is 14.7 Å². The van der Waals surface area contributed by atoms with Gasteiger partial charge in [-0.25, -0.2) is 4.98 Å². The molecule has 1 saturated heterocycles. The second kappa shape index (κ2) is 6.40. The van der Waals surface area contributed by atoms with Gasteiger partial charge in [0.05, 0.1) is 18.1 Å². The van der Waals surface area contributed by atoms with Gasteiger partial charge in [0, 0.05) is 25.4 Å². The Morgan fingerprint density at radius 3 is 2.72 bits per heavy atom. The minimum absolute atomic E-state index is 0.0172. The van der Waals surface area contributed by atoms with E-state index in [1.165, 1.54) is 6.20 Å². The van der Waals surface area contributed by atoms with Gasteiger partial charge in [-0.2, -0.15) is 0 Å². The third-order valence-corrected chi connectivity index (χ3v) is 5.61. The molecule has 2 amide bonds. The van der Waals surface area contributed by atoms with Crippen LogP contribution in [0.25, 0.3) is 0 Å². The zero-order valence-corrected chi connectivity index (χ0v) is 15.8. The van der Waals surface area contributed by atoms with Crippen molar-refractivity contribution in [3.63, 3.8) is 0 Å². The molecule has 0 bridgehead atoms. The van der Waals surface area contributed by atoms with Crippen LogP contribution in [-0.2, 0) is 11.2 Å². The molecule has 1 N–H and O–H groups in total. The number of hydrogen-bond donors (Lipinski definition) is 1. The van der Waals surface area contributed by atoms with Crippen molar-refractivity contribution in [2.75, 3.05) is 18.4 Å². The number of halogens is 1. The lowest BCUT2D eigenvalue weighted by molar-refractivity contribution is -0.118. The highest BCUT2D eigenvalue weighted by Gasteiger charge is 2.60. The molecule has 0 aromatic carbocycles. The number of piperidine rings is 1. The number of anilines is 1. The summed E-state index contributed by atoms with van der Waals surface area (Å²) in [6.45, 7) is 3.15. The first-order valence-corrected chi connectivity index (χ1v) is 9.31. The average Bonchev–Trinajstić information content (AvgIpc) is 2.98. The summed E-state index contributed by atoms with van der Waals surface area (Å²) in [4.78, 5) is 31.0. The molecule has 3 heterocycles. The molecule has 1 saturated carbocycles. The summed E-state index contributed by atoms with van der Waals surface area (Å²) in [6.07, 6.45) is 3.78. The second-order valence-corrected chi connectivity index (χ2v) is 7.54. The van der Waals surface area contributed by atoms with Crippen molar-refractivity contribution < 1.29 is 14.1 Å². The smallest absolute Gasteiger partial charge is 0.259 e. The Balaban J connectivity index is 1.35. The Labute approximate surface area is 158 Å². The molecule has 4 rings (SSSR count). The van der Waals surface area contributed by atoms with Crippen LogP contribution in [0.15, 0.2) is 29.0 Å². The lowest BCUT2D eigenvalue weighted by Crippen LogP contribution is -2.33. The highest BCUT2D eigenvalue weighted by atomic mass is 127. The van der Waals surface area contributed by atoms with E-state index in [2.05, 4.69) is 38.0 Å². The topological polar surface area (TPSA) is 88.3 Å². The van der Waals surface area contributed by atoms with Crippen molar-refractivity contribution >= 4 is 40.1 Å². The molecule has 2 aromatic rings. The maximum atomic E-state index is 12.6. The molecule has 1 aliphatic carbocycles. The first-order chi connectivity index (χ1) is 12.1. The van der Waals surface area contributed by atoms with Crippen LogP contribution in [0, 0.1) is 21.5 Å². The van der Waals surface area contributed by atoms with E-state index in [1.807, 2.05) is 19.1 Å². The predicted molar refractivity (Wildman–Crippen MR) is 97.8 cm³/mol. The standard InChI is InChI=1S/C17H17IN4O3/c1-2-13-10(6-20-25-13)17(24)22-7-11-12(8-22)15(11)16(23)21-9-3-4-14(18)19-5-9/h3-6,11-12,15H,2,7-8H2,1H3,(H,21,23). The SMILES string of the molecule is CCc1oncc1C(=O)N1CC2C(C1)C2C(=O)Nc1ccc(I)nc1. The van der Waals surface area contributed by atoms with Crippen molar-refractivity contribution in [2.24, 2.45) is 17.8 Å². The van der Waals surface area contributed by atoms with Gasteiger partial charge in [0.2, 0.25) is 5.91 Å². The van der Waals surface area contributed by atoms with Crippen LogP contribution < -0.4 is 5.32 Å². The summed E-state index contributed by atoms with van der Waals surface area (Å²) in [7, 11) is 0. The highest BCUT2D eigenvalue weighted by Crippen LogP contribution is 2.52. The third kappa shape index (κ3) is 3.03. The van der Waals surface area contributed by atoms with E-state index < -0.39 is 0 Å². The fraction of sp³-hybridized carbons (Fsp3) is 0.412. The summed E-state index contributed by atoms with van der Waals surface area (Å²) in [5.41, 5.74) is 1.25. The quantitative estimate of drug-likeness (QED) is 0.568. The number of aryl methyl sites for hydroxylation is 1. The Morgan fingerprint density at radius 2 is 2.08 bits per heavy atom.